The fourth-order valence-electron chi connectivity index (χ4n) is 9.25. The Morgan fingerprint density at radius 1 is 1.00 bits per heavy atom. The van der Waals surface area contributed by atoms with Gasteiger partial charge in [0.15, 0.2) is 0 Å². The highest BCUT2D eigenvalue weighted by Crippen LogP contribution is 2.66. The van der Waals surface area contributed by atoms with E-state index < -0.39 is 0 Å². The van der Waals surface area contributed by atoms with Crippen molar-refractivity contribution in [1.29, 1.82) is 0 Å². The predicted octanol–water partition coefficient (Wildman–Crippen LogP) is 7.80. The van der Waals surface area contributed by atoms with E-state index in [1.807, 2.05) is 5.57 Å². The van der Waals surface area contributed by atoms with Crippen molar-refractivity contribution in [2.45, 2.75) is 105 Å². The molecular weight excluding hydrogens is 396 g/mol. The second-order valence-electron chi connectivity index (χ2n) is 13.0. The van der Waals surface area contributed by atoms with E-state index in [4.69, 9.17) is 0 Å². The lowest BCUT2D eigenvalue weighted by Crippen LogP contribution is -2.53. The van der Waals surface area contributed by atoms with Gasteiger partial charge in [-0.25, -0.2) is 0 Å². The molecule has 0 radical (unpaired) electrons. The largest absolute Gasteiger partial charge is 0.393 e. The van der Waals surface area contributed by atoms with E-state index in [0.717, 1.165) is 24.2 Å². The first-order valence-corrected chi connectivity index (χ1v) is 14.5. The number of fused-ring (bicyclic) bond motifs is 4. The summed E-state index contributed by atoms with van der Waals surface area (Å²) < 4.78 is 0. The average Bonchev–Trinajstić information content (AvgIpc) is 3.09. The maximum atomic E-state index is 10.8. The Hall–Kier alpha value is -0.210. The minimum absolute atomic E-state index is 0.0473. The SMILES string of the molecule is C[C@H](CC1CCSCC1)[C@H]1CC=C2C3=C(CC[C@@]21C)[C@@]1(C)CC[C@H](O)C(C)(C)[C@@H]1CC3. The molecular formula is C29H46OS. The lowest BCUT2D eigenvalue weighted by atomic mass is 9.46. The highest BCUT2D eigenvalue weighted by atomic mass is 32.2. The molecule has 0 amide bonds. The van der Waals surface area contributed by atoms with E-state index >= 15 is 0 Å². The highest BCUT2D eigenvalue weighted by molar-refractivity contribution is 7.99. The summed E-state index contributed by atoms with van der Waals surface area (Å²) in [6.45, 7) is 12.5. The van der Waals surface area contributed by atoms with Gasteiger partial charge in [-0.15, -0.1) is 0 Å². The summed E-state index contributed by atoms with van der Waals surface area (Å²) in [4.78, 5) is 0. The molecule has 1 nitrogen and oxygen atoms in total. The standard InChI is InChI=1S/C29H46OS/c1-19(18-20-12-16-31-17-13-20)22-7-8-23-21-6-9-25-27(2,3)26(30)11-15-29(25,5)24(21)10-14-28(22,23)4/h8,19-20,22,25-26,30H,6-7,9-18H2,1-5H3/t19-,22-,25+,26+,28-,29-/m1/s1. The van der Waals surface area contributed by atoms with Gasteiger partial charge in [0, 0.05) is 0 Å². The quantitative estimate of drug-likeness (QED) is 0.481. The van der Waals surface area contributed by atoms with Crippen LogP contribution >= 0.6 is 11.8 Å². The zero-order valence-electron chi connectivity index (χ0n) is 20.8. The first-order valence-electron chi connectivity index (χ1n) is 13.4. The second-order valence-corrected chi connectivity index (χ2v) is 14.2. The van der Waals surface area contributed by atoms with E-state index in [-0.39, 0.29) is 11.5 Å². The first kappa shape index (κ1) is 22.6. The van der Waals surface area contributed by atoms with Gasteiger partial charge in [0.1, 0.15) is 0 Å². The molecule has 0 aromatic carbocycles. The Labute approximate surface area is 195 Å². The van der Waals surface area contributed by atoms with E-state index in [1.165, 1.54) is 69.3 Å². The van der Waals surface area contributed by atoms with Crippen LogP contribution in [0.15, 0.2) is 22.8 Å². The zero-order chi connectivity index (χ0) is 22.0. The van der Waals surface area contributed by atoms with Crippen molar-refractivity contribution in [3.63, 3.8) is 0 Å². The number of hydrogen-bond acceptors (Lipinski definition) is 2. The van der Waals surface area contributed by atoms with Gasteiger partial charge in [0.25, 0.3) is 0 Å². The summed E-state index contributed by atoms with van der Waals surface area (Å²) >= 11 is 2.16. The number of allylic oxidation sites excluding steroid dienone is 4. The molecule has 5 rings (SSSR count). The van der Waals surface area contributed by atoms with Gasteiger partial charge >= 0.3 is 0 Å². The topological polar surface area (TPSA) is 20.2 Å². The predicted molar refractivity (Wildman–Crippen MR) is 134 cm³/mol. The Morgan fingerprint density at radius 3 is 2.48 bits per heavy atom. The number of aliphatic hydroxyl groups excluding tert-OH is 1. The molecule has 0 aromatic heterocycles. The molecule has 2 fully saturated rings. The highest BCUT2D eigenvalue weighted by Gasteiger charge is 2.57. The van der Waals surface area contributed by atoms with Crippen LogP contribution in [0.4, 0.5) is 0 Å². The van der Waals surface area contributed by atoms with Crippen molar-refractivity contribution in [2.24, 2.45) is 39.9 Å². The first-order chi connectivity index (χ1) is 14.7. The third-order valence-corrected chi connectivity index (χ3v) is 12.2. The monoisotopic (exact) mass is 442 g/mol. The molecule has 1 saturated carbocycles. The van der Waals surface area contributed by atoms with E-state index in [9.17, 15) is 5.11 Å². The Balaban J connectivity index is 1.40. The van der Waals surface area contributed by atoms with Crippen LogP contribution in [0.25, 0.3) is 0 Å². The summed E-state index contributed by atoms with van der Waals surface area (Å²) in [6, 6.07) is 0. The molecule has 1 N–H and O–H groups in total. The maximum absolute atomic E-state index is 10.8. The van der Waals surface area contributed by atoms with Crippen molar-refractivity contribution in [3.8, 4) is 0 Å². The van der Waals surface area contributed by atoms with Crippen molar-refractivity contribution >= 4 is 11.8 Å². The molecule has 6 atom stereocenters. The van der Waals surface area contributed by atoms with Gasteiger partial charge in [-0.05, 0) is 127 Å². The lowest BCUT2D eigenvalue weighted by molar-refractivity contribution is -0.0905. The molecule has 1 saturated heterocycles. The Morgan fingerprint density at radius 2 is 1.74 bits per heavy atom. The summed E-state index contributed by atoms with van der Waals surface area (Å²) in [6.07, 6.45) is 15.6. The Kier molecular flexibility index (Phi) is 5.78. The number of aliphatic hydroxyl groups is 1. The van der Waals surface area contributed by atoms with Gasteiger partial charge in [-0.2, -0.15) is 11.8 Å². The Bertz CT molecular complexity index is 772. The van der Waals surface area contributed by atoms with Gasteiger partial charge in [0.2, 0.25) is 0 Å². The second kappa shape index (κ2) is 7.93. The van der Waals surface area contributed by atoms with E-state index in [1.54, 1.807) is 11.1 Å². The molecule has 4 aliphatic carbocycles. The number of rotatable bonds is 3. The van der Waals surface area contributed by atoms with Crippen LogP contribution in [0.3, 0.4) is 0 Å². The van der Waals surface area contributed by atoms with Gasteiger partial charge in [-0.3, -0.25) is 0 Å². The summed E-state index contributed by atoms with van der Waals surface area (Å²) in [5, 5.41) is 10.8. The molecule has 31 heavy (non-hydrogen) atoms. The van der Waals surface area contributed by atoms with Crippen LogP contribution in [-0.4, -0.2) is 22.7 Å². The van der Waals surface area contributed by atoms with Crippen LogP contribution in [0.5, 0.6) is 0 Å². The number of hydrogen-bond donors (Lipinski definition) is 1. The molecule has 2 heteroatoms. The normalized spacial score (nSPS) is 43.7. The molecule has 1 aliphatic heterocycles. The smallest absolute Gasteiger partial charge is 0.0594 e. The van der Waals surface area contributed by atoms with Gasteiger partial charge < -0.3 is 5.11 Å². The van der Waals surface area contributed by atoms with E-state index in [2.05, 4.69) is 52.5 Å². The van der Waals surface area contributed by atoms with Crippen molar-refractivity contribution in [3.05, 3.63) is 22.8 Å². The molecule has 174 valence electrons. The van der Waals surface area contributed by atoms with Crippen LogP contribution in [-0.2, 0) is 0 Å². The summed E-state index contributed by atoms with van der Waals surface area (Å²) in [5.41, 5.74) is 6.13. The van der Waals surface area contributed by atoms with Crippen LogP contribution < -0.4 is 0 Å². The van der Waals surface area contributed by atoms with Crippen LogP contribution in [0.1, 0.15) is 98.8 Å². The minimum Gasteiger partial charge on any atom is -0.393 e. The van der Waals surface area contributed by atoms with Crippen molar-refractivity contribution in [2.75, 3.05) is 11.5 Å². The molecule has 0 unspecified atom stereocenters. The number of thioether (sulfide) groups is 1. The van der Waals surface area contributed by atoms with Gasteiger partial charge in [0.05, 0.1) is 6.10 Å². The fraction of sp³-hybridized carbons (Fsp3) is 0.862. The molecule has 0 aromatic rings. The summed E-state index contributed by atoms with van der Waals surface area (Å²) in [7, 11) is 0. The summed E-state index contributed by atoms with van der Waals surface area (Å²) in [5.74, 6) is 6.10. The maximum Gasteiger partial charge on any atom is 0.0594 e. The van der Waals surface area contributed by atoms with Crippen LogP contribution in [0, 0.1) is 39.9 Å². The van der Waals surface area contributed by atoms with Crippen LogP contribution in [0.2, 0.25) is 0 Å². The third kappa shape index (κ3) is 3.44. The molecule has 1 heterocycles. The molecule has 5 aliphatic rings. The lowest BCUT2D eigenvalue weighted by Gasteiger charge is -2.59. The minimum atomic E-state index is -0.129. The van der Waals surface area contributed by atoms with E-state index in [0.29, 0.717) is 16.7 Å². The third-order valence-electron chi connectivity index (χ3n) is 11.2. The fourth-order valence-corrected chi connectivity index (χ4v) is 10.5. The van der Waals surface area contributed by atoms with Crippen molar-refractivity contribution < 1.29 is 5.11 Å². The zero-order valence-corrected chi connectivity index (χ0v) is 21.6. The average molecular weight is 443 g/mol. The molecule has 0 bridgehead atoms. The van der Waals surface area contributed by atoms with Crippen molar-refractivity contribution in [1.82, 2.24) is 0 Å². The molecule has 0 spiro atoms. The van der Waals surface area contributed by atoms with Gasteiger partial charge in [-0.1, -0.05) is 46.3 Å².